The fourth-order valence-corrected chi connectivity index (χ4v) is 3.83. The Morgan fingerprint density at radius 3 is 2.61 bits per heavy atom. The molecule has 7 heteroatoms. The second kappa shape index (κ2) is 8.10. The van der Waals surface area contributed by atoms with E-state index in [1.165, 1.54) is 17.7 Å². The maximum atomic E-state index is 14.1. The number of amides is 1. The van der Waals surface area contributed by atoms with E-state index < -0.39 is 5.82 Å². The molecule has 0 N–H and O–H groups in total. The molecule has 144 valence electrons. The van der Waals surface area contributed by atoms with Gasteiger partial charge in [-0.1, -0.05) is 11.6 Å². The van der Waals surface area contributed by atoms with Gasteiger partial charge in [-0.15, -0.1) is 0 Å². The highest BCUT2D eigenvalue weighted by Gasteiger charge is 2.28. The molecular formula is C21H20ClFN4O. The van der Waals surface area contributed by atoms with Gasteiger partial charge in [-0.3, -0.25) is 9.78 Å². The smallest absolute Gasteiger partial charge is 0.256 e. The molecule has 1 aliphatic heterocycles. The predicted molar refractivity (Wildman–Crippen MR) is 105 cm³/mol. The first-order valence-electron chi connectivity index (χ1n) is 9.26. The summed E-state index contributed by atoms with van der Waals surface area (Å²) in [4.78, 5) is 23.0. The van der Waals surface area contributed by atoms with Crippen LogP contribution in [0.25, 0.3) is 0 Å². The van der Waals surface area contributed by atoms with Gasteiger partial charge in [-0.05, 0) is 48.7 Å². The van der Waals surface area contributed by atoms with Crippen LogP contribution in [0.2, 0.25) is 5.02 Å². The van der Waals surface area contributed by atoms with Crippen molar-refractivity contribution in [3.05, 3.63) is 82.9 Å². The Kier molecular flexibility index (Phi) is 5.39. The molecule has 4 rings (SSSR count). The first kappa shape index (κ1) is 18.6. The van der Waals surface area contributed by atoms with Crippen LogP contribution in [-0.2, 0) is 6.54 Å². The number of rotatable bonds is 4. The SMILES string of the molecule is O=C(c1ccc(Cl)cc1F)N1CCC(c2nccn2Cc2ccncc2)CC1. The average Bonchev–Trinajstić information content (AvgIpc) is 3.16. The van der Waals surface area contributed by atoms with Gasteiger partial charge in [-0.25, -0.2) is 9.37 Å². The molecule has 3 heterocycles. The van der Waals surface area contributed by atoms with Crippen LogP contribution in [0.4, 0.5) is 4.39 Å². The molecular weight excluding hydrogens is 379 g/mol. The number of carbonyl (C=O) groups is 1. The van der Waals surface area contributed by atoms with Crippen molar-refractivity contribution in [1.29, 1.82) is 0 Å². The highest BCUT2D eigenvalue weighted by atomic mass is 35.5. The summed E-state index contributed by atoms with van der Waals surface area (Å²) < 4.78 is 16.2. The van der Waals surface area contributed by atoms with E-state index >= 15 is 0 Å². The summed E-state index contributed by atoms with van der Waals surface area (Å²) >= 11 is 5.78. The molecule has 28 heavy (non-hydrogen) atoms. The Morgan fingerprint density at radius 2 is 1.89 bits per heavy atom. The fourth-order valence-electron chi connectivity index (χ4n) is 3.67. The minimum atomic E-state index is -0.576. The van der Waals surface area contributed by atoms with Gasteiger partial charge in [0, 0.05) is 55.4 Å². The molecule has 3 aromatic rings. The summed E-state index contributed by atoms with van der Waals surface area (Å²) in [5, 5.41) is 0.286. The van der Waals surface area contributed by atoms with Crippen LogP contribution in [0, 0.1) is 5.82 Å². The Balaban J connectivity index is 1.42. The number of pyridine rings is 1. The summed E-state index contributed by atoms with van der Waals surface area (Å²) in [6, 6.07) is 8.16. The number of imidazole rings is 1. The summed E-state index contributed by atoms with van der Waals surface area (Å²) in [6.45, 7) is 1.90. The third-order valence-corrected chi connectivity index (χ3v) is 5.39. The first-order chi connectivity index (χ1) is 13.6. The molecule has 1 saturated heterocycles. The second-order valence-electron chi connectivity index (χ2n) is 6.96. The third-order valence-electron chi connectivity index (χ3n) is 5.16. The molecule has 2 aromatic heterocycles. The largest absolute Gasteiger partial charge is 0.339 e. The monoisotopic (exact) mass is 398 g/mol. The molecule has 1 amide bonds. The van der Waals surface area contributed by atoms with Crippen LogP contribution >= 0.6 is 11.6 Å². The molecule has 0 unspecified atom stereocenters. The molecule has 0 radical (unpaired) electrons. The van der Waals surface area contributed by atoms with Crippen molar-refractivity contribution in [2.75, 3.05) is 13.1 Å². The van der Waals surface area contributed by atoms with Crippen LogP contribution < -0.4 is 0 Å². The summed E-state index contributed by atoms with van der Waals surface area (Å²) in [6.07, 6.45) is 8.97. The Bertz CT molecular complexity index is 968. The molecule has 1 aliphatic rings. The number of halogens is 2. The van der Waals surface area contributed by atoms with Gasteiger partial charge in [0.15, 0.2) is 0 Å². The molecule has 1 aromatic carbocycles. The lowest BCUT2D eigenvalue weighted by molar-refractivity contribution is 0.0705. The lowest BCUT2D eigenvalue weighted by Gasteiger charge is -2.32. The standard InChI is InChI=1S/C21H20ClFN4O/c22-17-1-2-18(19(23)13-17)21(28)26-10-5-16(6-11-26)20-25-9-12-27(20)14-15-3-7-24-8-4-15/h1-4,7-9,12-13,16H,5-6,10-11,14H2. The number of hydrogen-bond donors (Lipinski definition) is 0. The minimum absolute atomic E-state index is 0.0713. The summed E-state index contributed by atoms with van der Waals surface area (Å²) in [7, 11) is 0. The predicted octanol–water partition coefficient (Wildman–Crippen LogP) is 4.14. The van der Waals surface area contributed by atoms with Crippen LogP contribution in [-0.4, -0.2) is 38.4 Å². The number of likely N-dealkylation sites (tertiary alicyclic amines) is 1. The van der Waals surface area contributed by atoms with E-state index in [1.807, 2.05) is 24.5 Å². The van der Waals surface area contributed by atoms with E-state index in [2.05, 4.69) is 14.5 Å². The van der Waals surface area contributed by atoms with Gasteiger partial charge >= 0.3 is 0 Å². The average molecular weight is 399 g/mol. The maximum absolute atomic E-state index is 14.1. The van der Waals surface area contributed by atoms with Crippen molar-refractivity contribution in [3.63, 3.8) is 0 Å². The fraction of sp³-hybridized carbons (Fsp3) is 0.286. The number of carbonyl (C=O) groups excluding carboxylic acids is 1. The normalized spacial score (nSPS) is 15.0. The van der Waals surface area contributed by atoms with E-state index in [0.717, 1.165) is 25.2 Å². The molecule has 0 bridgehead atoms. The van der Waals surface area contributed by atoms with Crippen molar-refractivity contribution in [2.24, 2.45) is 0 Å². The molecule has 0 atom stereocenters. The molecule has 0 aliphatic carbocycles. The van der Waals surface area contributed by atoms with Crippen molar-refractivity contribution in [3.8, 4) is 0 Å². The van der Waals surface area contributed by atoms with Gasteiger partial charge in [-0.2, -0.15) is 0 Å². The summed E-state index contributed by atoms with van der Waals surface area (Å²) in [5.74, 6) is 0.442. The first-order valence-corrected chi connectivity index (χ1v) is 9.64. The highest BCUT2D eigenvalue weighted by Crippen LogP contribution is 2.28. The van der Waals surface area contributed by atoms with Crippen molar-refractivity contribution < 1.29 is 9.18 Å². The number of benzene rings is 1. The molecule has 0 spiro atoms. The quantitative estimate of drug-likeness (QED) is 0.663. The Morgan fingerprint density at radius 1 is 1.14 bits per heavy atom. The van der Waals surface area contributed by atoms with Crippen molar-refractivity contribution >= 4 is 17.5 Å². The van der Waals surface area contributed by atoms with Crippen molar-refractivity contribution in [2.45, 2.75) is 25.3 Å². The lowest BCUT2D eigenvalue weighted by Crippen LogP contribution is -2.38. The number of nitrogens with zero attached hydrogens (tertiary/aromatic N) is 4. The topological polar surface area (TPSA) is 51.0 Å². The van der Waals surface area contributed by atoms with Gasteiger partial charge in [0.25, 0.3) is 5.91 Å². The minimum Gasteiger partial charge on any atom is -0.339 e. The number of hydrogen-bond acceptors (Lipinski definition) is 3. The van der Waals surface area contributed by atoms with Crippen LogP contribution in [0.3, 0.4) is 0 Å². The zero-order valence-corrected chi connectivity index (χ0v) is 16.0. The zero-order valence-electron chi connectivity index (χ0n) is 15.3. The maximum Gasteiger partial charge on any atom is 0.256 e. The van der Waals surface area contributed by atoms with Crippen LogP contribution in [0.15, 0.2) is 55.1 Å². The lowest BCUT2D eigenvalue weighted by atomic mass is 9.95. The summed E-state index contributed by atoms with van der Waals surface area (Å²) in [5.41, 5.74) is 1.24. The van der Waals surface area contributed by atoms with E-state index in [1.54, 1.807) is 23.4 Å². The Hall–Kier alpha value is -2.73. The van der Waals surface area contributed by atoms with Gasteiger partial charge < -0.3 is 9.47 Å². The number of aromatic nitrogens is 3. The second-order valence-corrected chi connectivity index (χ2v) is 7.40. The third kappa shape index (κ3) is 3.92. The molecule has 5 nitrogen and oxygen atoms in total. The van der Waals surface area contributed by atoms with Crippen LogP contribution in [0.5, 0.6) is 0 Å². The zero-order chi connectivity index (χ0) is 19.5. The van der Waals surface area contributed by atoms with Crippen molar-refractivity contribution in [1.82, 2.24) is 19.4 Å². The molecule has 0 saturated carbocycles. The number of piperidine rings is 1. The van der Waals surface area contributed by atoms with E-state index in [4.69, 9.17) is 11.6 Å². The van der Waals surface area contributed by atoms with E-state index in [9.17, 15) is 9.18 Å². The van der Waals surface area contributed by atoms with Gasteiger partial charge in [0.1, 0.15) is 11.6 Å². The van der Waals surface area contributed by atoms with Gasteiger partial charge in [0.2, 0.25) is 0 Å². The van der Waals surface area contributed by atoms with Crippen LogP contribution in [0.1, 0.15) is 40.5 Å². The highest BCUT2D eigenvalue weighted by molar-refractivity contribution is 6.30. The molecule has 1 fully saturated rings. The van der Waals surface area contributed by atoms with E-state index in [-0.39, 0.29) is 22.4 Å². The Labute approximate surface area is 167 Å². The van der Waals surface area contributed by atoms with Gasteiger partial charge in [0.05, 0.1) is 5.56 Å². The van der Waals surface area contributed by atoms with E-state index in [0.29, 0.717) is 13.1 Å².